The van der Waals surface area contributed by atoms with Gasteiger partial charge < -0.3 is 20.5 Å². The maximum atomic E-state index is 12.2. The lowest BCUT2D eigenvalue weighted by atomic mass is 10.1. The summed E-state index contributed by atoms with van der Waals surface area (Å²) in [6.45, 7) is 3.27. The summed E-state index contributed by atoms with van der Waals surface area (Å²) in [5, 5.41) is 18.3. The topological polar surface area (TPSA) is 65.9 Å². The van der Waals surface area contributed by atoms with E-state index in [1.165, 1.54) is 24.3 Å². The average Bonchev–Trinajstić information content (AvgIpc) is 3.10. The Morgan fingerprint density at radius 2 is 1.93 bits per heavy atom. The van der Waals surface area contributed by atoms with Crippen molar-refractivity contribution >= 4 is 41.3 Å². The van der Waals surface area contributed by atoms with Crippen molar-refractivity contribution in [3.05, 3.63) is 52.2 Å². The molecule has 0 amide bonds. The smallest absolute Gasteiger partial charge is 0.406 e. The zero-order chi connectivity index (χ0) is 19.0. The zero-order valence-corrected chi connectivity index (χ0v) is 17.6. The molecule has 1 atom stereocenters. The summed E-state index contributed by atoms with van der Waals surface area (Å²) in [7, 11) is 0. The van der Waals surface area contributed by atoms with Crippen LogP contribution in [-0.2, 0) is 6.54 Å². The van der Waals surface area contributed by atoms with Crippen molar-refractivity contribution in [2.75, 3.05) is 13.1 Å². The Labute approximate surface area is 176 Å². The molecule has 1 heterocycles. The highest BCUT2D eigenvalue weighted by atomic mass is 127. The van der Waals surface area contributed by atoms with Crippen LogP contribution in [0.5, 0.6) is 5.75 Å². The largest absolute Gasteiger partial charge is 0.573 e. The number of hydrogen-bond acceptors (Lipinski definition) is 4. The lowest BCUT2D eigenvalue weighted by Gasteiger charge is -2.16. The highest BCUT2D eigenvalue weighted by Crippen LogP contribution is 2.24. The first kappa shape index (κ1) is 23.5. The highest BCUT2D eigenvalue weighted by Gasteiger charge is 2.31. The number of ether oxygens (including phenoxy) is 1. The quantitative estimate of drug-likeness (QED) is 0.296. The van der Waals surface area contributed by atoms with Gasteiger partial charge in [-0.05, 0) is 36.1 Å². The molecule has 150 valence electrons. The van der Waals surface area contributed by atoms with Gasteiger partial charge in [-0.3, -0.25) is 0 Å². The number of nitrogens with zero attached hydrogens (tertiary/aromatic N) is 1. The third-order valence-corrected chi connectivity index (χ3v) is 4.14. The van der Waals surface area contributed by atoms with Gasteiger partial charge in [-0.25, -0.2) is 4.99 Å². The van der Waals surface area contributed by atoms with Crippen LogP contribution in [0.2, 0.25) is 0 Å². The normalized spacial score (nSPS) is 12.9. The van der Waals surface area contributed by atoms with Crippen LogP contribution in [0.15, 0.2) is 46.8 Å². The average molecular weight is 515 g/mol. The van der Waals surface area contributed by atoms with E-state index in [2.05, 4.69) is 20.4 Å². The summed E-state index contributed by atoms with van der Waals surface area (Å²) in [6, 6.07) is 9.06. The van der Waals surface area contributed by atoms with Crippen molar-refractivity contribution in [3.63, 3.8) is 0 Å². The molecule has 10 heteroatoms. The maximum absolute atomic E-state index is 12.2. The molecule has 0 aliphatic carbocycles. The SMILES string of the molecule is CCNC(=NCc1cccs1)NCC(O)c1ccc(OC(F)(F)F)cc1.I. The monoisotopic (exact) mass is 515 g/mol. The second kappa shape index (κ2) is 11.3. The first-order valence-corrected chi connectivity index (χ1v) is 8.83. The summed E-state index contributed by atoms with van der Waals surface area (Å²) in [4.78, 5) is 5.54. The van der Waals surface area contributed by atoms with Gasteiger partial charge in [0.05, 0.1) is 12.6 Å². The molecule has 0 saturated heterocycles. The fraction of sp³-hybridized carbons (Fsp3) is 0.353. The predicted molar refractivity (Wildman–Crippen MR) is 111 cm³/mol. The number of nitrogens with one attached hydrogen (secondary N) is 2. The first-order valence-electron chi connectivity index (χ1n) is 7.95. The van der Waals surface area contributed by atoms with E-state index in [-0.39, 0.29) is 36.3 Å². The minimum absolute atomic E-state index is 0. The van der Waals surface area contributed by atoms with E-state index in [1.54, 1.807) is 11.3 Å². The van der Waals surface area contributed by atoms with Crippen molar-refractivity contribution in [3.8, 4) is 5.75 Å². The number of alkyl halides is 3. The fourth-order valence-electron chi connectivity index (χ4n) is 2.10. The third kappa shape index (κ3) is 8.80. The van der Waals surface area contributed by atoms with Crippen molar-refractivity contribution in [2.45, 2.75) is 25.9 Å². The Balaban J connectivity index is 0.00000364. The van der Waals surface area contributed by atoms with Crippen LogP contribution in [0.3, 0.4) is 0 Å². The predicted octanol–water partition coefficient (Wildman–Crippen LogP) is 4.05. The van der Waals surface area contributed by atoms with Gasteiger partial charge in [0, 0.05) is 18.0 Å². The second-order valence-electron chi connectivity index (χ2n) is 5.29. The minimum Gasteiger partial charge on any atom is -0.406 e. The van der Waals surface area contributed by atoms with Crippen molar-refractivity contribution in [2.24, 2.45) is 4.99 Å². The van der Waals surface area contributed by atoms with E-state index in [0.717, 1.165) is 4.88 Å². The zero-order valence-electron chi connectivity index (χ0n) is 14.5. The molecule has 27 heavy (non-hydrogen) atoms. The third-order valence-electron chi connectivity index (χ3n) is 3.28. The van der Waals surface area contributed by atoms with Gasteiger partial charge in [0.25, 0.3) is 0 Å². The van der Waals surface area contributed by atoms with E-state index in [1.807, 2.05) is 24.4 Å². The van der Waals surface area contributed by atoms with Crippen LogP contribution in [0.4, 0.5) is 13.2 Å². The van der Waals surface area contributed by atoms with Gasteiger partial charge in [-0.2, -0.15) is 0 Å². The van der Waals surface area contributed by atoms with E-state index in [4.69, 9.17) is 0 Å². The van der Waals surface area contributed by atoms with Crippen LogP contribution < -0.4 is 15.4 Å². The van der Waals surface area contributed by atoms with Gasteiger partial charge in [0.15, 0.2) is 5.96 Å². The number of thiophene rings is 1. The molecule has 0 fully saturated rings. The maximum Gasteiger partial charge on any atom is 0.573 e. The van der Waals surface area contributed by atoms with Crippen LogP contribution in [0.25, 0.3) is 0 Å². The number of aliphatic hydroxyl groups excluding tert-OH is 1. The Bertz CT molecular complexity index is 694. The van der Waals surface area contributed by atoms with Gasteiger partial charge in [-0.1, -0.05) is 18.2 Å². The summed E-state index contributed by atoms with van der Waals surface area (Å²) in [5.41, 5.74) is 0.473. The Kier molecular flexibility index (Phi) is 9.88. The van der Waals surface area contributed by atoms with Gasteiger partial charge >= 0.3 is 6.36 Å². The van der Waals surface area contributed by atoms with Gasteiger partial charge in [0.1, 0.15) is 5.75 Å². The lowest BCUT2D eigenvalue weighted by Crippen LogP contribution is -2.39. The number of benzene rings is 1. The Morgan fingerprint density at radius 1 is 1.22 bits per heavy atom. The summed E-state index contributed by atoms with van der Waals surface area (Å²) in [5.74, 6) is 0.226. The molecular formula is C17H21F3IN3O2S. The van der Waals surface area contributed by atoms with Crippen molar-refractivity contribution in [1.82, 2.24) is 10.6 Å². The van der Waals surface area contributed by atoms with Crippen LogP contribution in [-0.4, -0.2) is 30.5 Å². The molecule has 1 aromatic carbocycles. The molecule has 0 bridgehead atoms. The summed E-state index contributed by atoms with van der Waals surface area (Å²) >= 11 is 1.61. The number of aliphatic hydroxyl groups is 1. The van der Waals surface area contributed by atoms with Crippen LogP contribution >= 0.6 is 35.3 Å². The summed E-state index contributed by atoms with van der Waals surface area (Å²) < 4.78 is 40.3. The molecule has 1 unspecified atom stereocenters. The van der Waals surface area contributed by atoms with Gasteiger partial charge in [0.2, 0.25) is 0 Å². The Morgan fingerprint density at radius 3 is 2.48 bits per heavy atom. The number of guanidine groups is 1. The van der Waals surface area contributed by atoms with Crippen molar-refractivity contribution < 1.29 is 23.0 Å². The van der Waals surface area contributed by atoms with Crippen LogP contribution in [0.1, 0.15) is 23.5 Å². The molecule has 0 aliphatic rings. The van der Waals surface area contributed by atoms with E-state index in [9.17, 15) is 18.3 Å². The number of rotatable bonds is 7. The van der Waals surface area contributed by atoms with E-state index < -0.39 is 12.5 Å². The molecular weight excluding hydrogens is 494 g/mol. The molecule has 0 saturated carbocycles. The minimum atomic E-state index is -4.73. The second-order valence-corrected chi connectivity index (χ2v) is 6.32. The van der Waals surface area contributed by atoms with E-state index >= 15 is 0 Å². The molecule has 1 aromatic heterocycles. The molecule has 0 radical (unpaired) electrons. The van der Waals surface area contributed by atoms with E-state index in [0.29, 0.717) is 24.6 Å². The van der Waals surface area contributed by atoms with Crippen molar-refractivity contribution in [1.29, 1.82) is 0 Å². The molecule has 2 rings (SSSR count). The fourth-order valence-corrected chi connectivity index (χ4v) is 2.73. The molecule has 3 N–H and O–H groups in total. The standard InChI is InChI=1S/C17H20F3N3O2S.HI/c1-2-21-16(22-10-14-4-3-9-26-14)23-11-15(24)12-5-7-13(8-6-12)25-17(18,19)20;/h3-9,15,24H,2,10-11H2,1H3,(H2,21,22,23);1H. The number of halogens is 4. The Hall–Kier alpha value is -1.53. The lowest BCUT2D eigenvalue weighted by molar-refractivity contribution is -0.274. The number of hydrogen-bond donors (Lipinski definition) is 3. The first-order chi connectivity index (χ1) is 12.4. The molecule has 2 aromatic rings. The molecule has 0 spiro atoms. The van der Waals surface area contributed by atoms with Gasteiger partial charge in [-0.15, -0.1) is 48.5 Å². The van der Waals surface area contributed by atoms with Crippen LogP contribution in [0, 0.1) is 0 Å². The highest BCUT2D eigenvalue weighted by molar-refractivity contribution is 14.0. The molecule has 0 aliphatic heterocycles. The number of aliphatic imine (C=N–C) groups is 1. The summed E-state index contributed by atoms with van der Waals surface area (Å²) in [6.07, 6.45) is -5.64. The molecule has 5 nitrogen and oxygen atoms in total.